The van der Waals surface area contributed by atoms with Crippen molar-refractivity contribution in [2.24, 2.45) is 17.3 Å². The van der Waals surface area contributed by atoms with E-state index in [1.165, 1.54) is 19.3 Å². The van der Waals surface area contributed by atoms with Gasteiger partial charge in [0.1, 0.15) is 5.78 Å². The molecule has 0 aliphatic heterocycles. The standard InChI is InChI=1S/C13H24O/c1-5-6-7-12-10(2)8-11(14)9-13(12,3)4/h10,12H,5-9H2,1-4H3. The van der Waals surface area contributed by atoms with Gasteiger partial charge in [-0.1, -0.05) is 40.5 Å². The summed E-state index contributed by atoms with van der Waals surface area (Å²) in [5, 5.41) is 0. The zero-order chi connectivity index (χ0) is 10.8. The second-order valence-electron chi connectivity index (χ2n) is 5.63. The van der Waals surface area contributed by atoms with Gasteiger partial charge in [-0.3, -0.25) is 4.79 Å². The Labute approximate surface area is 88.3 Å². The Morgan fingerprint density at radius 1 is 1.43 bits per heavy atom. The van der Waals surface area contributed by atoms with Gasteiger partial charge in [0.15, 0.2) is 0 Å². The van der Waals surface area contributed by atoms with E-state index >= 15 is 0 Å². The van der Waals surface area contributed by atoms with E-state index < -0.39 is 0 Å². The summed E-state index contributed by atoms with van der Waals surface area (Å²) in [4.78, 5) is 11.5. The maximum absolute atomic E-state index is 11.5. The third kappa shape index (κ3) is 2.59. The van der Waals surface area contributed by atoms with Crippen molar-refractivity contribution < 1.29 is 4.79 Å². The van der Waals surface area contributed by atoms with Crippen molar-refractivity contribution >= 4 is 5.78 Å². The van der Waals surface area contributed by atoms with Crippen LogP contribution in [-0.2, 0) is 4.79 Å². The fraction of sp³-hybridized carbons (Fsp3) is 0.923. The maximum Gasteiger partial charge on any atom is 0.133 e. The second kappa shape index (κ2) is 4.46. The number of rotatable bonds is 3. The highest BCUT2D eigenvalue weighted by atomic mass is 16.1. The Bertz CT molecular complexity index is 205. The van der Waals surface area contributed by atoms with Gasteiger partial charge in [0.2, 0.25) is 0 Å². The van der Waals surface area contributed by atoms with Gasteiger partial charge >= 0.3 is 0 Å². The van der Waals surface area contributed by atoms with Crippen LogP contribution in [0.25, 0.3) is 0 Å². The molecule has 0 N–H and O–H groups in total. The lowest BCUT2D eigenvalue weighted by atomic mass is 9.62. The normalized spacial score (nSPS) is 31.9. The van der Waals surface area contributed by atoms with Crippen molar-refractivity contribution in [1.29, 1.82) is 0 Å². The molecule has 0 amide bonds. The number of carbonyl (C=O) groups excluding carboxylic acids is 1. The first-order chi connectivity index (χ1) is 6.47. The molecule has 14 heavy (non-hydrogen) atoms. The lowest BCUT2D eigenvalue weighted by Crippen LogP contribution is -2.37. The molecular formula is C13H24O. The highest BCUT2D eigenvalue weighted by Crippen LogP contribution is 2.44. The Kier molecular flexibility index (Phi) is 3.74. The van der Waals surface area contributed by atoms with Crippen molar-refractivity contribution in [2.45, 2.75) is 59.8 Å². The molecule has 0 aromatic rings. The molecule has 0 bridgehead atoms. The molecule has 82 valence electrons. The van der Waals surface area contributed by atoms with Crippen molar-refractivity contribution in [1.82, 2.24) is 0 Å². The van der Waals surface area contributed by atoms with Crippen LogP contribution < -0.4 is 0 Å². The predicted octanol–water partition coefficient (Wildman–Crippen LogP) is 3.82. The Balaban J connectivity index is 2.64. The first-order valence-corrected chi connectivity index (χ1v) is 5.99. The van der Waals surface area contributed by atoms with E-state index in [1.807, 2.05) is 0 Å². The summed E-state index contributed by atoms with van der Waals surface area (Å²) in [7, 11) is 0. The van der Waals surface area contributed by atoms with Crippen molar-refractivity contribution in [3.63, 3.8) is 0 Å². The van der Waals surface area contributed by atoms with Gasteiger partial charge in [-0.25, -0.2) is 0 Å². The largest absolute Gasteiger partial charge is 0.300 e. The number of hydrogen-bond acceptors (Lipinski definition) is 1. The van der Waals surface area contributed by atoms with E-state index in [0.717, 1.165) is 18.8 Å². The molecule has 0 aromatic carbocycles. The summed E-state index contributed by atoms with van der Waals surface area (Å²) in [6, 6.07) is 0. The minimum absolute atomic E-state index is 0.240. The summed E-state index contributed by atoms with van der Waals surface area (Å²) in [6.45, 7) is 9.02. The van der Waals surface area contributed by atoms with Crippen LogP contribution in [0.2, 0.25) is 0 Å². The molecule has 0 radical (unpaired) electrons. The summed E-state index contributed by atoms with van der Waals surface area (Å²) < 4.78 is 0. The maximum atomic E-state index is 11.5. The molecule has 2 unspecified atom stereocenters. The highest BCUT2D eigenvalue weighted by molar-refractivity contribution is 5.80. The monoisotopic (exact) mass is 196 g/mol. The zero-order valence-electron chi connectivity index (χ0n) is 10.1. The van der Waals surface area contributed by atoms with Crippen LogP contribution in [0.4, 0.5) is 0 Å². The number of unbranched alkanes of at least 4 members (excludes halogenated alkanes) is 1. The average Bonchev–Trinajstić information content (AvgIpc) is 2.00. The molecule has 1 saturated carbocycles. The SMILES string of the molecule is CCCCC1C(C)CC(=O)CC1(C)C. The third-order valence-electron chi connectivity index (χ3n) is 3.76. The first kappa shape index (κ1) is 11.7. The minimum atomic E-state index is 0.240. The molecule has 0 heterocycles. The lowest BCUT2D eigenvalue weighted by molar-refractivity contribution is -0.127. The molecule has 0 spiro atoms. The third-order valence-corrected chi connectivity index (χ3v) is 3.76. The van der Waals surface area contributed by atoms with Crippen LogP contribution in [0.3, 0.4) is 0 Å². The summed E-state index contributed by atoms with van der Waals surface area (Å²) in [5.41, 5.74) is 0.240. The minimum Gasteiger partial charge on any atom is -0.300 e. The van der Waals surface area contributed by atoms with Gasteiger partial charge in [-0.05, 0) is 23.7 Å². The Morgan fingerprint density at radius 3 is 2.57 bits per heavy atom. The number of ketones is 1. The fourth-order valence-electron chi connectivity index (χ4n) is 3.08. The molecule has 2 atom stereocenters. The van der Waals surface area contributed by atoms with Gasteiger partial charge in [0, 0.05) is 12.8 Å². The molecule has 1 fully saturated rings. The molecule has 1 nitrogen and oxygen atoms in total. The molecular weight excluding hydrogens is 172 g/mol. The van der Waals surface area contributed by atoms with Crippen LogP contribution in [0.5, 0.6) is 0 Å². The van der Waals surface area contributed by atoms with Crippen molar-refractivity contribution in [3.05, 3.63) is 0 Å². The first-order valence-electron chi connectivity index (χ1n) is 5.99. The highest BCUT2D eigenvalue weighted by Gasteiger charge is 2.39. The van der Waals surface area contributed by atoms with E-state index in [4.69, 9.17) is 0 Å². The van der Waals surface area contributed by atoms with Crippen molar-refractivity contribution in [3.8, 4) is 0 Å². The van der Waals surface area contributed by atoms with Gasteiger partial charge < -0.3 is 0 Å². The molecule has 1 aliphatic rings. The molecule has 0 saturated heterocycles. The summed E-state index contributed by atoms with van der Waals surface area (Å²) >= 11 is 0. The summed E-state index contributed by atoms with van der Waals surface area (Å²) in [6.07, 6.45) is 5.50. The van der Waals surface area contributed by atoms with Crippen LogP contribution in [0.1, 0.15) is 59.8 Å². The zero-order valence-corrected chi connectivity index (χ0v) is 10.1. The van der Waals surface area contributed by atoms with Gasteiger partial charge in [0.05, 0.1) is 0 Å². The van der Waals surface area contributed by atoms with E-state index in [2.05, 4.69) is 27.7 Å². The molecule has 1 rings (SSSR count). The molecule has 1 aliphatic carbocycles. The van der Waals surface area contributed by atoms with E-state index in [9.17, 15) is 4.79 Å². The Hall–Kier alpha value is -0.330. The van der Waals surface area contributed by atoms with E-state index in [1.54, 1.807) is 0 Å². The number of carbonyl (C=O) groups is 1. The van der Waals surface area contributed by atoms with Gasteiger partial charge in [0.25, 0.3) is 0 Å². The number of hydrogen-bond donors (Lipinski definition) is 0. The van der Waals surface area contributed by atoms with Crippen LogP contribution in [0.15, 0.2) is 0 Å². The van der Waals surface area contributed by atoms with E-state index in [-0.39, 0.29) is 5.41 Å². The average molecular weight is 196 g/mol. The quantitative estimate of drug-likeness (QED) is 0.670. The van der Waals surface area contributed by atoms with Crippen LogP contribution in [0, 0.1) is 17.3 Å². The second-order valence-corrected chi connectivity index (χ2v) is 5.63. The lowest BCUT2D eigenvalue weighted by Gasteiger charge is -2.42. The van der Waals surface area contributed by atoms with E-state index in [0.29, 0.717) is 11.7 Å². The summed E-state index contributed by atoms with van der Waals surface area (Å²) in [5.74, 6) is 1.81. The number of Topliss-reactive ketones (excluding diaryl/α,β-unsaturated/α-hetero) is 1. The van der Waals surface area contributed by atoms with Gasteiger partial charge in [-0.15, -0.1) is 0 Å². The van der Waals surface area contributed by atoms with Crippen LogP contribution >= 0.6 is 0 Å². The topological polar surface area (TPSA) is 17.1 Å². The molecule has 0 aromatic heterocycles. The smallest absolute Gasteiger partial charge is 0.133 e. The Morgan fingerprint density at radius 2 is 2.07 bits per heavy atom. The van der Waals surface area contributed by atoms with Crippen LogP contribution in [-0.4, -0.2) is 5.78 Å². The molecule has 1 heteroatoms. The van der Waals surface area contributed by atoms with Gasteiger partial charge in [-0.2, -0.15) is 0 Å². The van der Waals surface area contributed by atoms with Crippen molar-refractivity contribution in [2.75, 3.05) is 0 Å². The fourth-order valence-corrected chi connectivity index (χ4v) is 3.08. The predicted molar refractivity (Wildman–Crippen MR) is 60.2 cm³/mol.